The van der Waals surface area contributed by atoms with Crippen LogP contribution in [0.2, 0.25) is 0 Å². The van der Waals surface area contributed by atoms with Crippen molar-refractivity contribution in [2.75, 3.05) is 19.4 Å². The minimum Gasteiger partial charge on any atom is -0.377 e. The Balaban J connectivity index is 1.89. The zero-order valence-electron chi connectivity index (χ0n) is 13.8. The molecule has 2 atom stereocenters. The molecule has 0 aromatic heterocycles. The van der Waals surface area contributed by atoms with Crippen molar-refractivity contribution in [1.29, 1.82) is 0 Å². The molecule has 0 spiro atoms. The highest BCUT2D eigenvalue weighted by Gasteiger charge is 2.20. The molecule has 3 rings (SSSR count). The van der Waals surface area contributed by atoms with E-state index in [2.05, 4.69) is 17.4 Å². The van der Waals surface area contributed by atoms with Crippen molar-refractivity contribution in [2.45, 2.75) is 29.9 Å². The number of sulfone groups is 1. The predicted molar refractivity (Wildman–Crippen MR) is 94.8 cm³/mol. The fourth-order valence-electron chi connectivity index (χ4n) is 3.05. The summed E-state index contributed by atoms with van der Waals surface area (Å²) in [7, 11) is -3.22. The largest absolute Gasteiger partial charge is 0.377 e. The van der Waals surface area contributed by atoms with Crippen LogP contribution in [0.15, 0.2) is 59.5 Å². The van der Waals surface area contributed by atoms with Crippen molar-refractivity contribution < 1.29 is 13.2 Å². The number of hydrogen-bond donors (Lipinski definition) is 1. The number of nitrogens with one attached hydrogen (secondary N) is 1. The first-order chi connectivity index (χ1) is 11.5. The van der Waals surface area contributed by atoms with Crippen LogP contribution >= 0.6 is 0 Å². The molecule has 1 aliphatic heterocycles. The summed E-state index contributed by atoms with van der Waals surface area (Å²) in [6.07, 6.45) is 3.64. The van der Waals surface area contributed by atoms with Gasteiger partial charge in [0.2, 0.25) is 0 Å². The normalized spacial score (nSPS) is 19.3. The van der Waals surface area contributed by atoms with Gasteiger partial charge in [-0.15, -0.1) is 0 Å². The molecule has 1 heterocycles. The molecule has 1 fully saturated rings. The van der Waals surface area contributed by atoms with E-state index < -0.39 is 9.84 Å². The van der Waals surface area contributed by atoms with Gasteiger partial charge in [-0.3, -0.25) is 0 Å². The first-order valence-electron chi connectivity index (χ1n) is 8.24. The van der Waals surface area contributed by atoms with Gasteiger partial charge in [0.1, 0.15) is 0 Å². The van der Waals surface area contributed by atoms with E-state index in [1.54, 1.807) is 18.2 Å². The highest BCUT2D eigenvalue weighted by molar-refractivity contribution is 7.90. The summed E-state index contributed by atoms with van der Waals surface area (Å²) < 4.78 is 29.4. The van der Waals surface area contributed by atoms with E-state index in [0.717, 1.165) is 37.1 Å². The van der Waals surface area contributed by atoms with E-state index in [4.69, 9.17) is 4.74 Å². The maximum absolute atomic E-state index is 11.9. The second-order valence-corrected chi connectivity index (χ2v) is 8.25. The Hall–Kier alpha value is -1.69. The van der Waals surface area contributed by atoms with E-state index in [1.807, 2.05) is 24.3 Å². The summed E-state index contributed by atoms with van der Waals surface area (Å²) in [5, 5.41) is 3.55. The van der Waals surface area contributed by atoms with Crippen LogP contribution in [0.4, 0.5) is 0 Å². The molecule has 0 saturated carbocycles. The Morgan fingerprint density at radius 3 is 2.54 bits per heavy atom. The van der Waals surface area contributed by atoms with Crippen LogP contribution in [-0.2, 0) is 14.6 Å². The molecule has 5 heteroatoms. The van der Waals surface area contributed by atoms with Crippen molar-refractivity contribution in [1.82, 2.24) is 5.32 Å². The van der Waals surface area contributed by atoms with E-state index >= 15 is 0 Å². The van der Waals surface area contributed by atoms with Gasteiger partial charge in [-0.1, -0.05) is 42.5 Å². The minimum absolute atomic E-state index is 0.0582. The lowest BCUT2D eigenvalue weighted by molar-refractivity contribution is 0.108. The standard InChI is InChI=1S/C19H23NO3S/c1-24(21,22)18-11-5-9-16(13-18)19(15-7-3-2-4-8-15)20-14-17-10-6-12-23-17/h2-5,7-9,11,13,17,19-20H,6,10,12,14H2,1H3/t17-,19-/m0/s1. The Bertz CT molecular complexity index is 768. The van der Waals surface area contributed by atoms with Gasteiger partial charge in [0.05, 0.1) is 17.0 Å². The van der Waals surface area contributed by atoms with Crippen LogP contribution in [0.1, 0.15) is 30.0 Å². The Morgan fingerprint density at radius 1 is 1.12 bits per heavy atom. The van der Waals surface area contributed by atoms with Crippen LogP contribution in [0, 0.1) is 0 Å². The average Bonchev–Trinajstić information content (AvgIpc) is 3.09. The lowest BCUT2D eigenvalue weighted by atomic mass is 9.98. The molecule has 1 N–H and O–H groups in total. The maximum atomic E-state index is 11.9. The molecular weight excluding hydrogens is 322 g/mol. The van der Waals surface area contributed by atoms with Crippen molar-refractivity contribution in [3.63, 3.8) is 0 Å². The fourth-order valence-corrected chi connectivity index (χ4v) is 3.73. The number of rotatable bonds is 6. The molecule has 0 bridgehead atoms. The second kappa shape index (κ2) is 7.47. The molecule has 2 aromatic rings. The van der Waals surface area contributed by atoms with Crippen molar-refractivity contribution in [2.24, 2.45) is 0 Å². The molecule has 4 nitrogen and oxygen atoms in total. The molecule has 2 aromatic carbocycles. The Morgan fingerprint density at radius 2 is 1.88 bits per heavy atom. The molecule has 24 heavy (non-hydrogen) atoms. The van der Waals surface area contributed by atoms with Gasteiger partial charge in [-0.05, 0) is 36.1 Å². The fraction of sp³-hybridized carbons (Fsp3) is 0.368. The predicted octanol–water partition coefficient (Wildman–Crippen LogP) is 2.95. The van der Waals surface area contributed by atoms with E-state index in [9.17, 15) is 8.42 Å². The van der Waals surface area contributed by atoms with Crippen LogP contribution in [-0.4, -0.2) is 33.9 Å². The van der Waals surface area contributed by atoms with Gasteiger partial charge < -0.3 is 10.1 Å². The first kappa shape index (κ1) is 17.1. The second-order valence-electron chi connectivity index (χ2n) is 6.23. The molecule has 1 saturated heterocycles. The first-order valence-corrected chi connectivity index (χ1v) is 10.1. The lowest BCUT2D eigenvalue weighted by Crippen LogP contribution is -2.30. The van der Waals surface area contributed by atoms with Crippen LogP contribution < -0.4 is 5.32 Å². The van der Waals surface area contributed by atoms with Crippen LogP contribution in [0.3, 0.4) is 0 Å². The van der Waals surface area contributed by atoms with Gasteiger partial charge in [-0.25, -0.2) is 8.42 Å². The summed E-state index contributed by atoms with van der Waals surface area (Å²) in [6, 6.07) is 17.2. The monoisotopic (exact) mass is 345 g/mol. The zero-order valence-corrected chi connectivity index (χ0v) is 14.6. The summed E-state index contributed by atoms with van der Waals surface area (Å²) >= 11 is 0. The Labute approximate surface area is 143 Å². The minimum atomic E-state index is -3.22. The smallest absolute Gasteiger partial charge is 0.175 e. The molecule has 128 valence electrons. The maximum Gasteiger partial charge on any atom is 0.175 e. The van der Waals surface area contributed by atoms with Crippen LogP contribution in [0.5, 0.6) is 0 Å². The summed E-state index contributed by atoms with van der Waals surface area (Å²) in [5.74, 6) is 0. The van der Waals surface area contributed by atoms with E-state index in [0.29, 0.717) is 4.90 Å². The van der Waals surface area contributed by atoms with Gasteiger partial charge in [0, 0.05) is 19.4 Å². The van der Waals surface area contributed by atoms with E-state index in [-0.39, 0.29) is 12.1 Å². The highest BCUT2D eigenvalue weighted by atomic mass is 32.2. The highest BCUT2D eigenvalue weighted by Crippen LogP contribution is 2.25. The quantitative estimate of drug-likeness (QED) is 0.874. The lowest BCUT2D eigenvalue weighted by Gasteiger charge is -2.22. The van der Waals surface area contributed by atoms with Crippen molar-refractivity contribution >= 4 is 9.84 Å². The zero-order chi connectivity index (χ0) is 17.0. The molecule has 1 aliphatic rings. The summed E-state index contributed by atoms with van der Waals surface area (Å²) in [6.45, 7) is 1.58. The topological polar surface area (TPSA) is 55.4 Å². The van der Waals surface area contributed by atoms with Gasteiger partial charge in [0.15, 0.2) is 9.84 Å². The van der Waals surface area contributed by atoms with Crippen LogP contribution in [0.25, 0.3) is 0 Å². The molecule has 0 unspecified atom stereocenters. The van der Waals surface area contributed by atoms with Crippen molar-refractivity contribution in [3.8, 4) is 0 Å². The summed E-state index contributed by atoms with van der Waals surface area (Å²) in [4.78, 5) is 0.347. The number of hydrogen-bond acceptors (Lipinski definition) is 4. The third-order valence-corrected chi connectivity index (χ3v) is 5.44. The van der Waals surface area contributed by atoms with E-state index in [1.165, 1.54) is 6.26 Å². The SMILES string of the molecule is CS(=O)(=O)c1cccc([C@@H](NC[C@@H]2CCCO2)c2ccccc2)c1. The van der Waals surface area contributed by atoms with Crippen molar-refractivity contribution in [3.05, 3.63) is 65.7 Å². The van der Waals surface area contributed by atoms with Gasteiger partial charge in [-0.2, -0.15) is 0 Å². The third-order valence-electron chi connectivity index (χ3n) is 4.33. The molecular formula is C19H23NO3S. The molecule has 0 amide bonds. The average molecular weight is 345 g/mol. The molecule has 0 aliphatic carbocycles. The number of ether oxygens (including phenoxy) is 1. The summed E-state index contributed by atoms with van der Waals surface area (Å²) in [5.41, 5.74) is 2.06. The third kappa shape index (κ3) is 4.23. The number of benzene rings is 2. The Kier molecular flexibility index (Phi) is 5.33. The van der Waals surface area contributed by atoms with Gasteiger partial charge >= 0.3 is 0 Å². The molecule has 0 radical (unpaired) electrons. The van der Waals surface area contributed by atoms with Gasteiger partial charge in [0.25, 0.3) is 0 Å².